The van der Waals surface area contributed by atoms with Gasteiger partial charge >= 0.3 is 0 Å². The number of benzene rings is 2. The third-order valence-electron chi connectivity index (χ3n) is 2.33. The summed E-state index contributed by atoms with van der Waals surface area (Å²) >= 11 is 5.95. The van der Waals surface area contributed by atoms with E-state index in [1.54, 1.807) is 18.2 Å². The van der Waals surface area contributed by atoms with Gasteiger partial charge in [-0.15, -0.1) is 10.2 Å². The van der Waals surface area contributed by atoms with Gasteiger partial charge in [-0.2, -0.15) is 0 Å². The van der Waals surface area contributed by atoms with E-state index >= 15 is 0 Å². The van der Waals surface area contributed by atoms with Gasteiger partial charge in [0.1, 0.15) is 17.1 Å². The van der Waals surface area contributed by atoms with Crippen molar-refractivity contribution in [2.24, 2.45) is 10.2 Å². The number of halogens is 1. The number of phenols is 1. The van der Waals surface area contributed by atoms with Crippen LogP contribution in [0.25, 0.3) is 0 Å². The molecule has 1 N–H and O–H groups in total. The molecule has 0 aliphatic heterocycles. The number of phenolic OH excluding ortho intramolecular Hbond substituents is 1. The smallest absolute Gasteiger partial charge is 0.145 e. The number of para-hydroxylation sites is 1. The lowest BCUT2D eigenvalue weighted by Crippen LogP contribution is -1.74. The number of rotatable bonds is 2. The molecule has 3 nitrogen and oxygen atoms in total. The molecule has 0 amide bonds. The third kappa shape index (κ3) is 2.63. The SMILES string of the molecule is Cc1cccc(N=Nc2ccccc2Cl)c1O. The molecule has 0 fully saturated rings. The van der Waals surface area contributed by atoms with Gasteiger partial charge in [-0.1, -0.05) is 35.9 Å². The first-order valence-electron chi connectivity index (χ1n) is 5.13. The van der Waals surface area contributed by atoms with E-state index in [2.05, 4.69) is 10.2 Å². The minimum absolute atomic E-state index is 0.142. The van der Waals surface area contributed by atoms with Crippen LogP contribution in [0.2, 0.25) is 5.02 Å². The Hall–Kier alpha value is -1.87. The topological polar surface area (TPSA) is 45.0 Å². The fourth-order valence-corrected chi connectivity index (χ4v) is 1.54. The normalized spacial score (nSPS) is 10.9. The molecule has 0 bridgehead atoms. The van der Waals surface area contributed by atoms with Crippen molar-refractivity contribution in [1.29, 1.82) is 0 Å². The number of azo groups is 1. The maximum atomic E-state index is 9.76. The molecule has 0 heterocycles. The van der Waals surface area contributed by atoms with Gasteiger partial charge in [-0.05, 0) is 30.7 Å². The Labute approximate surface area is 104 Å². The summed E-state index contributed by atoms with van der Waals surface area (Å²) in [5.41, 5.74) is 1.78. The first-order valence-corrected chi connectivity index (χ1v) is 5.51. The zero-order valence-corrected chi connectivity index (χ0v) is 10.0. The molecule has 0 unspecified atom stereocenters. The molecule has 4 heteroatoms. The first-order chi connectivity index (χ1) is 8.18. The molecule has 0 aromatic heterocycles. The highest BCUT2D eigenvalue weighted by atomic mass is 35.5. The van der Waals surface area contributed by atoms with Crippen LogP contribution in [0, 0.1) is 6.92 Å². The molecule has 0 radical (unpaired) electrons. The minimum Gasteiger partial charge on any atom is -0.505 e. The number of hydrogen-bond donors (Lipinski definition) is 1. The Morgan fingerprint density at radius 1 is 0.941 bits per heavy atom. The molecule has 0 atom stereocenters. The Balaban J connectivity index is 2.33. The number of aromatic hydroxyl groups is 1. The molecule has 86 valence electrons. The van der Waals surface area contributed by atoms with Crippen molar-refractivity contribution >= 4 is 23.0 Å². The summed E-state index contributed by atoms with van der Waals surface area (Å²) in [6.07, 6.45) is 0. The van der Waals surface area contributed by atoms with Crippen LogP contribution in [0.1, 0.15) is 5.56 Å². The van der Waals surface area contributed by atoms with Gasteiger partial charge in [0.25, 0.3) is 0 Å². The van der Waals surface area contributed by atoms with Gasteiger partial charge in [-0.25, -0.2) is 0 Å². The standard InChI is InChI=1S/C13H11ClN2O/c1-9-5-4-8-12(13(9)17)16-15-11-7-3-2-6-10(11)14/h2-8,17H,1H3. The van der Waals surface area contributed by atoms with Gasteiger partial charge < -0.3 is 5.11 Å². The summed E-state index contributed by atoms with van der Waals surface area (Å²) in [5, 5.41) is 18.3. The van der Waals surface area contributed by atoms with Crippen molar-refractivity contribution in [2.45, 2.75) is 6.92 Å². The Bertz CT molecular complexity index is 567. The van der Waals surface area contributed by atoms with Gasteiger partial charge in [-0.3, -0.25) is 0 Å². The van der Waals surface area contributed by atoms with Crippen molar-refractivity contribution in [3.8, 4) is 5.75 Å². The lowest BCUT2D eigenvalue weighted by molar-refractivity contribution is 0.472. The van der Waals surface area contributed by atoms with E-state index < -0.39 is 0 Å². The van der Waals surface area contributed by atoms with E-state index in [9.17, 15) is 5.11 Å². The Kier molecular flexibility index (Phi) is 3.40. The predicted octanol–water partition coefficient (Wildman–Crippen LogP) is 4.77. The van der Waals surface area contributed by atoms with Crippen LogP contribution < -0.4 is 0 Å². The highest BCUT2D eigenvalue weighted by molar-refractivity contribution is 6.32. The van der Waals surface area contributed by atoms with Gasteiger partial charge in [0.2, 0.25) is 0 Å². The molecule has 2 aromatic rings. The van der Waals surface area contributed by atoms with Gasteiger partial charge in [0.15, 0.2) is 0 Å². The average molecular weight is 247 g/mol. The highest BCUT2D eigenvalue weighted by Gasteiger charge is 2.02. The lowest BCUT2D eigenvalue weighted by atomic mass is 10.2. The van der Waals surface area contributed by atoms with E-state index in [1.165, 1.54) is 0 Å². The van der Waals surface area contributed by atoms with Crippen molar-refractivity contribution in [3.63, 3.8) is 0 Å². The van der Waals surface area contributed by atoms with Crippen LogP contribution in [0.4, 0.5) is 11.4 Å². The number of hydrogen-bond acceptors (Lipinski definition) is 3. The zero-order chi connectivity index (χ0) is 12.3. The molecular weight excluding hydrogens is 236 g/mol. The molecule has 2 rings (SSSR count). The van der Waals surface area contributed by atoms with Crippen molar-refractivity contribution in [3.05, 3.63) is 53.1 Å². The van der Waals surface area contributed by atoms with Crippen LogP contribution in [0.15, 0.2) is 52.7 Å². The number of nitrogens with zero attached hydrogens (tertiary/aromatic N) is 2. The predicted molar refractivity (Wildman–Crippen MR) is 68.5 cm³/mol. The molecule has 0 saturated heterocycles. The summed E-state index contributed by atoms with van der Waals surface area (Å²) < 4.78 is 0. The van der Waals surface area contributed by atoms with E-state index in [4.69, 9.17) is 11.6 Å². The van der Waals surface area contributed by atoms with E-state index in [1.807, 2.05) is 31.2 Å². The maximum Gasteiger partial charge on any atom is 0.145 e. The Morgan fingerprint density at radius 2 is 1.59 bits per heavy atom. The second-order valence-corrected chi connectivity index (χ2v) is 4.00. The summed E-state index contributed by atoms with van der Waals surface area (Å²) in [7, 11) is 0. The summed E-state index contributed by atoms with van der Waals surface area (Å²) in [6, 6.07) is 12.5. The number of aryl methyl sites for hydroxylation is 1. The van der Waals surface area contributed by atoms with Crippen LogP contribution in [-0.4, -0.2) is 5.11 Å². The molecule has 0 aliphatic rings. The van der Waals surface area contributed by atoms with E-state index in [0.717, 1.165) is 5.56 Å². The van der Waals surface area contributed by atoms with Crippen LogP contribution in [-0.2, 0) is 0 Å². The van der Waals surface area contributed by atoms with Crippen LogP contribution in [0.5, 0.6) is 5.75 Å². The van der Waals surface area contributed by atoms with Gasteiger partial charge in [0, 0.05) is 0 Å². The second-order valence-electron chi connectivity index (χ2n) is 3.59. The molecule has 2 aromatic carbocycles. The average Bonchev–Trinajstić information content (AvgIpc) is 2.33. The Morgan fingerprint density at radius 3 is 2.35 bits per heavy atom. The van der Waals surface area contributed by atoms with Crippen LogP contribution in [0.3, 0.4) is 0 Å². The summed E-state index contributed by atoms with van der Waals surface area (Å²) in [4.78, 5) is 0. The van der Waals surface area contributed by atoms with Crippen LogP contribution >= 0.6 is 11.6 Å². The fourth-order valence-electron chi connectivity index (χ4n) is 1.36. The second kappa shape index (κ2) is 4.97. The summed E-state index contributed by atoms with van der Waals surface area (Å²) in [6.45, 7) is 1.81. The van der Waals surface area contributed by atoms with Crippen molar-refractivity contribution in [1.82, 2.24) is 0 Å². The molecular formula is C13H11ClN2O. The molecule has 0 saturated carbocycles. The third-order valence-corrected chi connectivity index (χ3v) is 2.65. The zero-order valence-electron chi connectivity index (χ0n) is 9.26. The summed E-state index contributed by atoms with van der Waals surface area (Å²) in [5.74, 6) is 0.142. The fraction of sp³-hybridized carbons (Fsp3) is 0.0769. The molecule has 0 aliphatic carbocycles. The molecule has 17 heavy (non-hydrogen) atoms. The maximum absolute atomic E-state index is 9.76. The monoisotopic (exact) mass is 246 g/mol. The first kappa shape index (κ1) is 11.6. The van der Waals surface area contributed by atoms with Gasteiger partial charge in [0.05, 0.1) is 5.02 Å². The van der Waals surface area contributed by atoms with Crippen molar-refractivity contribution in [2.75, 3.05) is 0 Å². The largest absolute Gasteiger partial charge is 0.505 e. The minimum atomic E-state index is 0.142. The van der Waals surface area contributed by atoms with Crippen molar-refractivity contribution < 1.29 is 5.11 Å². The van der Waals surface area contributed by atoms with E-state index in [0.29, 0.717) is 16.4 Å². The quantitative estimate of drug-likeness (QED) is 0.762. The molecule has 0 spiro atoms. The highest BCUT2D eigenvalue weighted by Crippen LogP contribution is 2.32. The lowest BCUT2D eigenvalue weighted by Gasteiger charge is -2.01. The van der Waals surface area contributed by atoms with E-state index in [-0.39, 0.29) is 5.75 Å².